The molecule has 5 nitrogen and oxygen atoms in total. The number of nitrogens with one attached hydrogen (secondary N) is 1. The standard InChI is InChI=1S/C14H16N2O3S/c1-2-3-12(13(17)18)15-14(19)16(11-4-5-11)8-10-6-7-20-9-10/h1,6-7,9,11-12H,3-5,8H2,(H,15,19)(H,17,18). The topological polar surface area (TPSA) is 69.6 Å². The highest BCUT2D eigenvalue weighted by molar-refractivity contribution is 7.07. The Labute approximate surface area is 121 Å². The Kier molecular flexibility index (Phi) is 4.64. The number of carboxylic acid groups (broad SMARTS) is 1. The van der Waals surface area contributed by atoms with E-state index in [1.165, 1.54) is 0 Å². The number of hydrogen-bond acceptors (Lipinski definition) is 3. The molecule has 20 heavy (non-hydrogen) atoms. The van der Waals surface area contributed by atoms with Crippen molar-refractivity contribution in [3.05, 3.63) is 22.4 Å². The third-order valence-corrected chi connectivity index (χ3v) is 3.83. The number of nitrogens with zero attached hydrogens (tertiary/aromatic N) is 1. The summed E-state index contributed by atoms with van der Waals surface area (Å²) in [4.78, 5) is 24.9. The molecule has 0 bridgehead atoms. The number of carbonyl (C=O) groups excluding carboxylic acids is 1. The maximum atomic E-state index is 12.2. The zero-order chi connectivity index (χ0) is 14.5. The molecule has 2 N–H and O–H groups in total. The van der Waals surface area contributed by atoms with Gasteiger partial charge in [0, 0.05) is 19.0 Å². The molecule has 2 rings (SSSR count). The van der Waals surface area contributed by atoms with Crippen molar-refractivity contribution in [3.63, 3.8) is 0 Å². The number of aliphatic carboxylic acids is 1. The molecule has 1 aromatic heterocycles. The maximum Gasteiger partial charge on any atom is 0.327 e. The number of urea groups is 1. The number of carboxylic acids is 1. The van der Waals surface area contributed by atoms with Crippen LogP contribution in [-0.2, 0) is 11.3 Å². The maximum absolute atomic E-state index is 12.2. The summed E-state index contributed by atoms with van der Waals surface area (Å²) in [5.74, 6) is 1.16. The summed E-state index contributed by atoms with van der Waals surface area (Å²) in [7, 11) is 0. The summed E-state index contributed by atoms with van der Waals surface area (Å²) in [5, 5.41) is 15.5. The van der Waals surface area contributed by atoms with E-state index in [1.54, 1.807) is 16.2 Å². The molecule has 1 saturated carbocycles. The van der Waals surface area contributed by atoms with Crippen molar-refractivity contribution in [1.82, 2.24) is 10.2 Å². The van der Waals surface area contributed by atoms with Gasteiger partial charge < -0.3 is 15.3 Å². The molecule has 1 aliphatic carbocycles. The van der Waals surface area contributed by atoms with E-state index in [0.717, 1.165) is 18.4 Å². The number of amides is 2. The average molecular weight is 292 g/mol. The summed E-state index contributed by atoms with van der Waals surface area (Å²) in [6.45, 7) is 0.502. The number of terminal acetylenes is 1. The van der Waals surface area contributed by atoms with Crippen LogP contribution in [0.5, 0.6) is 0 Å². The molecule has 0 aliphatic heterocycles. The van der Waals surface area contributed by atoms with Crippen LogP contribution < -0.4 is 5.32 Å². The molecule has 2 amide bonds. The van der Waals surface area contributed by atoms with E-state index in [9.17, 15) is 9.59 Å². The van der Waals surface area contributed by atoms with Gasteiger partial charge in [-0.1, -0.05) is 0 Å². The van der Waals surface area contributed by atoms with Crippen molar-refractivity contribution in [1.29, 1.82) is 0 Å². The largest absolute Gasteiger partial charge is 0.480 e. The van der Waals surface area contributed by atoms with Crippen molar-refractivity contribution in [3.8, 4) is 12.3 Å². The first-order valence-corrected chi connectivity index (χ1v) is 7.30. The summed E-state index contributed by atoms with van der Waals surface area (Å²) < 4.78 is 0. The van der Waals surface area contributed by atoms with Gasteiger partial charge in [0.25, 0.3) is 0 Å². The molecule has 0 saturated heterocycles. The number of hydrogen-bond donors (Lipinski definition) is 2. The van der Waals surface area contributed by atoms with Crippen molar-refractivity contribution in [2.75, 3.05) is 0 Å². The van der Waals surface area contributed by atoms with E-state index in [2.05, 4.69) is 11.2 Å². The predicted octanol–water partition coefficient (Wildman–Crippen LogP) is 1.90. The van der Waals surface area contributed by atoms with Crippen LogP contribution in [0.3, 0.4) is 0 Å². The lowest BCUT2D eigenvalue weighted by atomic mass is 10.2. The van der Waals surface area contributed by atoms with Crippen LogP contribution in [0.25, 0.3) is 0 Å². The monoisotopic (exact) mass is 292 g/mol. The zero-order valence-electron chi connectivity index (χ0n) is 10.9. The predicted molar refractivity (Wildman–Crippen MR) is 76.3 cm³/mol. The molecule has 0 aromatic carbocycles. The smallest absolute Gasteiger partial charge is 0.327 e. The van der Waals surface area contributed by atoms with Gasteiger partial charge in [0.05, 0.1) is 0 Å². The van der Waals surface area contributed by atoms with Gasteiger partial charge in [-0.15, -0.1) is 12.3 Å². The van der Waals surface area contributed by atoms with Crippen molar-refractivity contribution in [2.45, 2.75) is 37.9 Å². The first-order valence-electron chi connectivity index (χ1n) is 6.36. The van der Waals surface area contributed by atoms with E-state index in [1.807, 2.05) is 16.8 Å². The minimum Gasteiger partial charge on any atom is -0.480 e. The van der Waals surface area contributed by atoms with E-state index in [4.69, 9.17) is 11.5 Å². The fourth-order valence-corrected chi connectivity index (χ4v) is 2.54. The van der Waals surface area contributed by atoms with Crippen LogP contribution in [0.2, 0.25) is 0 Å². The lowest BCUT2D eigenvalue weighted by Gasteiger charge is -2.24. The van der Waals surface area contributed by atoms with Gasteiger partial charge in [0.1, 0.15) is 6.04 Å². The Hall–Kier alpha value is -2.00. The third-order valence-electron chi connectivity index (χ3n) is 3.10. The van der Waals surface area contributed by atoms with Crippen molar-refractivity contribution < 1.29 is 14.7 Å². The molecular weight excluding hydrogens is 276 g/mol. The molecule has 6 heteroatoms. The Morgan fingerprint density at radius 3 is 2.85 bits per heavy atom. The van der Waals surface area contributed by atoms with Gasteiger partial charge >= 0.3 is 12.0 Å². The van der Waals surface area contributed by atoms with E-state index < -0.39 is 12.0 Å². The van der Waals surface area contributed by atoms with Gasteiger partial charge in [-0.2, -0.15) is 11.3 Å². The summed E-state index contributed by atoms with van der Waals surface area (Å²) in [6, 6.07) is 0.774. The lowest BCUT2D eigenvalue weighted by Crippen LogP contribution is -2.48. The molecular formula is C14H16N2O3S. The van der Waals surface area contributed by atoms with Crippen molar-refractivity contribution in [2.24, 2.45) is 0 Å². The minimum atomic E-state index is -1.11. The van der Waals surface area contributed by atoms with Gasteiger partial charge in [-0.3, -0.25) is 0 Å². The van der Waals surface area contributed by atoms with Crippen LogP contribution in [0, 0.1) is 12.3 Å². The van der Waals surface area contributed by atoms with Gasteiger partial charge in [0.2, 0.25) is 0 Å². The molecule has 1 aromatic rings. The number of thiophene rings is 1. The molecule has 0 spiro atoms. The molecule has 1 atom stereocenters. The SMILES string of the molecule is C#CCC(NC(=O)N(Cc1ccsc1)C1CC1)C(=O)O. The van der Waals surface area contributed by atoms with Crippen LogP contribution in [-0.4, -0.2) is 34.1 Å². The zero-order valence-corrected chi connectivity index (χ0v) is 11.7. The van der Waals surface area contributed by atoms with Gasteiger partial charge in [0.15, 0.2) is 0 Å². The molecule has 1 heterocycles. The van der Waals surface area contributed by atoms with Crippen LogP contribution in [0.4, 0.5) is 4.79 Å². The first kappa shape index (κ1) is 14.4. The Bertz CT molecular complexity index is 517. The highest BCUT2D eigenvalue weighted by Crippen LogP contribution is 2.28. The molecule has 1 unspecified atom stereocenters. The lowest BCUT2D eigenvalue weighted by molar-refractivity contribution is -0.139. The average Bonchev–Trinajstić information content (AvgIpc) is 3.12. The van der Waals surface area contributed by atoms with Gasteiger partial charge in [-0.25, -0.2) is 9.59 Å². The van der Waals surface area contributed by atoms with Crippen molar-refractivity contribution >= 4 is 23.3 Å². The van der Waals surface area contributed by atoms with Crippen LogP contribution >= 0.6 is 11.3 Å². The molecule has 1 aliphatic rings. The van der Waals surface area contributed by atoms with Crippen LogP contribution in [0.15, 0.2) is 16.8 Å². The highest BCUT2D eigenvalue weighted by Gasteiger charge is 2.34. The molecule has 106 valence electrons. The fraction of sp³-hybridized carbons (Fsp3) is 0.429. The Morgan fingerprint density at radius 1 is 1.60 bits per heavy atom. The summed E-state index contributed by atoms with van der Waals surface area (Å²) in [5.41, 5.74) is 1.06. The normalized spacial score (nSPS) is 15.2. The first-order chi connectivity index (χ1) is 9.61. The van der Waals surface area contributed by atoms with E-state index in [-0.39, 0.29) is 18.5 Å². The second kappa shape index (κ2) is 6.44. The highest BCUT2D eigenvalue weighted by atomic mass is 32.1. The number of carbonyl (C=O) groups is 2. The Morgan fingerprint density at radius 2 is 2.35 bits per heavy atom. The number of rotatable bonds is 6. The minimum absolute atomic E-state index is 0.0158. The summed E-state index contributed by atoms with van der Waals surface area (Å²) in [6.07, 6.45) is 7.03. The van der Waals surface area contributed by atoms with E-state index >= 15 is 0 Å². The summed E-state index contributed by atoms with van der Waals surface area (Å²) >= 11 is 1.57. The quantitative estimate of drug-likeness (QED) is 0.787. The second-order valence-corrected chi connectivity index (χ2v) is 5.52. The van der Waals surface area contributed by atoms with Crippen LogP contribution in [0.1, 0.15) is 24.8 Å². The molecule has 0 radical (unpaired) electrons. The van der Waals surface area contributed by atoms with E-state index in [0.29, 0.717) is 6.54 Å². The second-order valence-electron chi connectivity index (χ2n) is 4.74. The molecule has 1 fully saturated rings. The third kappa shape index (κ3) is 3.75. The Balaban J connectivity index is 2.00. The fourth-order valence-electron chi connectivity index (χ4n) is 1.88. The van der Waals surface area contributed by atoms with Gasteiger partial charge in [-0.05, 0) is 35.2 Å².